The molecule has 1 aliphatic heterocycles. The van der Waals surface area contributed by atoms with Crippen LogP contribution in [0.4, 0.5) is 4.79 Å². The first-order valence-electron chi connectivity index (χ1n) is 14.7. The third-order valence-corrected chi connectivity index (χ3v) is 8.45. The highest BCUT2D eigenvalue weighted by atomic mass is 32.1. The van der Waals surface area contributed by atoms with Crippen LogP contribution in [0.15, 0.2) is 29.8 Å². The zero-order valence-corrected chi connectivity index (χ0v) is 26.3. The molecule has 2 aliphatic rings. The van der Waals surface area contributed by atoms with Crippen LogP contribution in [0.5, 0.6) is 5.75 Å². The van der Waals surface area contributed by atoms with Gasteiger partial charge in [0.25, 0.3) is 0 Å². The van der Waals surface area contributed by atoms with E-state index in [2.05, 4.69) is 11.1 Å². The standard InChI is InChI=1S/C31H45N3O7S/c1-30(2,3)41-29(36)33-12-10-31(37,28-32-11-16-42-28)26(21-33)27(35)34(24-8-9-24)20-23-17-22(7-6-13-38-4)18-25(19-23)40-15-14-39-5/h11,16-19,24,26,37H,6-10,12-15,20-21H2,1-5H3/t26-,31-/m1/s1. The Hall–Kier alpha value is -2.73. The predicted octanol–water partition coefficient (Wildman–Crippen LogP) is 4.38. The van der Waals surface area contributed by atoms with Crippen molar-refractivity contribution < 1.29 is 33.6 Å². The summed E-state index contributed by atoms with van der Waals surface area (Å²) < 4.78 is 22.0. The number of nitrogens with zero attached hydrogens (tertiary/aromatic N) is 3. The summed E-state index contributed by atoms with van der Waals surface area (Å²) in [6.07, 6.45) is 4.83. The second kappa shape index (κ2) is 14.2. The molecular weight excluding hydrogens is 558 g/mol. The quantitative estimate of drug-likeness (QED) is 0.336. The molecular formula is C31H45N3O7S. The zero-order chi connectivity index (χ0) is 30.3. The number of aryl methyl sites for hydroxylation is 1. The van der Waals surface area contributed by atoms with E-state index < -0.39 is 23.2 Å². The van der Waals surface area contributed by atoms with Crippen LogP contribution in [0.2, 0.25) is 0 Å². The molecule has 1 aliphatic carbocycles. The molecule has 1 aromatic heterocycles. The monoisotopic (exact) mass is 603 g/mol. The minimum Gasteiger partial charge on any atom is -0.491 e. The average molecular weight is 604 g/mol. The molecule has 1 saturated carbocycles. The summed E-state index contributed by atoms with van der Waals surface area (Å²) >= 11 is 1.33. The number of aromatic nitrogens is 1. The van der Waals surface area contributed by atoms with Gasteiger partial charge in [0.05, 0.1) is 12.5 Å². The van der Waals surface area contributed by atoms with Gasteiger partial charge in [-0.2, -0.15) is 0 Å². The summed E-state index contributed by atoms with van der Waals surface area (Å²) in [4.78, 5) is 35.3. The molecule has 1 saturated heterocycles. The number of aliphatic hydroxyl groups is 1. The molecule has 232 valence electrons. The van der Waals surface area contributed by atoms with Gasteiger partial charge in [-0.05, 0) is 69.7 Å². The zero-order valence-electron chi connectivity index (χ0n) is 25.5. The summed E-state index contributed by atoms with van der Waals surface area (Å²) in [5.74, 6) is -0.337. The van der Waals surface area contributed by atoms with Crippen molar-refractivity contribution in [2.24, 2.45) is 5.92 Å². The molecule has 10 nitrogen and oxygen atoms in total. The van der Waals surface area contributed by atoms with Crippen molar-refractivity contribution >= 4 is 23.3 Å². The first-order chi connectivity index (χ1) is 20.0. The van der Waals surface area contributed by atoms with Gasteiger partial charge in [-0.3, -0.25) is 4.79 Å². The van der Waals surface area contributed by atoms with Gasteiger partial charge in [0.1, 0.15) is 28.6 Å². The number of hydrogen-bond acceptors (Lipinski definition) is 9. The average Bonchev–Trinajstić information content (AvgIpc) is 3.62. The molecule has 2 atom stereocenters. The van der Waals surface area contributed by atoms with Crippen LogP contribution in [0, 0.1) is 5.92 Å². The lowest BCUT2D eigenvalue weighted by Gasteiger charge is -2.44. The van der Waals surface area contributed by atoms with Crippen LogP contribution < -0.4 is 4.74 Å². The van der Waals surface area contributed by atoms with Gasteiger partial charge >= 0.3 is 6.09 Å². The number of methoxy groups -OCH3 is 2. The molecule has 1 aromatic carbocycles. The summed E-state index contributed by atoms with van der Waals surface area (Å²) in [7, 11) is 3.33. The molecule has 42 heavy (non-hydrogen) atoms. The largest absolute Gasteiger partial charge is 0.491 e. The van der Waals surface area contributed by atoms with Gasteiger partial charge < -0.3 is 33.9 Å². The Kier molecular flexibility index (Phi) is 10.9. The number of piperidine rings is 1. The normalized spacial score (nSPS) is 20.8. The number of ether oxygens (including phenoxy) is 4. The Morgan fingerprint density at radius 1 is 1.12 bits per heavy atom. The van der Waals surface area contributed by atoms with E-state index >= 15 is 0 Å². The van der Waals surface area contributed by atoms with E-state index in [1.807, 2.05) is 37.8 Å². The molecule has 2 aromatic rings. The van der Waals surface area contributed by atoms with Crippen LogP contribution in [-0.2, 0) is 37.6 Å². The maximum atomic E-state index is 14.4. The van der Waals surface area contributed by atoms with E-state index in [0.717, 1.165) is 42.6 Å². The Morgan fingerprint density at radius 3 is 2.50 bits per heavy atom. The second-order valence-corrected chi connectivity index (χ2v) is 13.0. The van der Waals surface area contributed by atoms with Gasteiger partial charge in [0.15, 0.2) is 0 Å². The molecule has 0 unspecified atom stereocenters. The fourth-order valence-electron chi connectivity index (χ4n) is 5.29. The fourth-order valence-corrected chi connectivity index (χ4v) is 6.11. The lowest BCUT2D eigenvalue weighted by Crippen LogP contribution is -2.58. The van der Waals surface area contributed by atoms with E-state index in [1.54, 1.807) is 30.7 Å². The summed E-state index contributed by atoms with van der Waals surface area (Å²) in [6, 6.07) is 6.19. The maximum absolute atomic E-state index is 14.4. The second-order valence-electron chi connectivity index (χ2n) is 12.1. The molecule has 2 amide bonds. The SMILES string of the molecule is COCCCc1cc(CN(C(=O)[C@H]2CN(C(=O)OC(C)(C)C)CC[C@]2(O)c2nccs2)C2CC2)cc(OCCOC)c1. The van der Waals surface area contributed by atoms with E-state index in [4.69, 9.17) is 18.9 Å². The highest BCUT2D eigenvalue weighted by Gasteiger charge is 2.52. The van der Waals surface area contributed by atoms with Gasteiger partial charge in [0.2, 0.25) is 5.91 Å². The van der Waals surface area contributed by atoms with Crippen LogP contribution in [0.25, 0.3) is 0 Å². The highest BCUT2D eigenvalue weighted by molar-refractivity contribution is 7.09. The van der Waals surface area contributed by atoms with E-state index in [1.165, 1.54) is 11.3 Å². The maximum Gasteiger partial charge on any atom is 0.410 e. The molecule has 2 fully saturated rings. The Bertz CT molecular complexity index is 1150. The van der Waals surface area contributed by atoms with Gasteiger partial charge in [-0.15, -0.1) is 11.3 Å². The fraction of sp³-hybridized carbons (Fsp3) is 0.645. The van der Waals surface area contributed by atoms with Crippen molar-refractivity contribution in [1.82, 2.24) is 14.8 Å². The predicted molar refractivity (Wildman–Crippen MR) is 160 cm³/mol. The number of amides is 2. The first-order valence-corrected chi connectivity index (χ1v) is 15.6. The molecule has 2 heterocycles. The van der Waals surface area contributed by atoms with E-state index in [0.29, 0.717) is 31.4 Å². The lowest BCUT2D eigenvalue weighted by atomic mass is 9.80. The topological polar surface area (TPSA) is 111 Å². The van der Waals surface area contributed by atoms with E-state index in [-0.39, 0.29) is 31.5 Å². The van der Waals surface area contributed by atoms with Crippen molar-refractivity contribution in [2.45, 2.75) is 76.7 Å². The number of thiazole rings is 1. The van der Waals surface area contributed by atoms with Crippen molar-refractivity contribution in [3.63, 3.8) is 0 Å². The smallest absolute Gasteiger partial charge is 0.410 e. The molecule has 0 spiro atoms. The van der Waals surface area contributed by atoms with Crippen LogP contribution in [0.3, 0.4) is 0 Å². The molecule has 11 heteroatoms. The third kappa shape index (κ3) is 8.43. The third-order valence-electron chi connectivity index (χ3n) is 7.51. The van der Waals surface area contributed by atoms with Crippen LogP contribution in [0.1, 0.15) is 62.6 Å². The number of carbonyl (C=O) groups excluding carboxylic acids is 2. The Balaban J connectivity index is 1.61. The summed E-state index contributed by atoms with van der Waals surface area (Å²) in [6.45, 7) is 7.69. The number of benzene rings is 1. The molecule has 0 radical (unpaired) electrons. The number of likely N-dealkylation sites (tertiary alicyclic amines) is 1. The van der Waals surface area contributed by atoms with Crippen LogP contribution in [-0.4, -0.2) is 90.7 Å². The van der Waals surface area contributed by atoms with Crippen molar-refractivity contribution in [2.75, 3.05) is 47.1 Å². The number of rotatable bonds is 13. The van der Waals surface area contributed by atoms with Gasteiger partial charge in [0, 0.05) is 64.5 Å². The van der Waals surface area contributed by atoms with Gasteiger partial charge in [-0.1, -0.05) is 6.07 Å². The highest BCUT2D eigenvalue weighted by Crippen LogP contribution is 2.42. The lowest BCUT2D eigenvalue weighted by molar-refractivity contribution is -0.155. The summed E-state index contributed by atoms with van der Waals surface area (Å²) in [5.41, 5.74) is -0.0898. The van der Waals surface area contributed by atoms with Crippen molar-refractivity contribution in [1.29, 1.82) is 0 Å². The first kappa shape index (κ1) is 32.2. The Labute approximate surface area is 252 Å². The molecule has 1 N–H and O–H groups in total. The van der Waals surface area contributed by atoms with Gasteiger partial charge in [-0.25, -0.2) is 9.78 Å². The number of hydrogen-bond donors (Lipinski definition) is 1. The number of carbonyl (C=O) groups is 2. The minimum absolute atomic E-state index is 0.0511. The van der Waals surface area contributed by atoms with Crippen molar-refractivity contribution in [3.05, 3.63) is 45.9 Å². The van der Waals surface area contributed by atoms with Crippen molar-refractivity contribution in [3.8, 4) is 5.75 Å². The Morgan fingerprint density at radius 2 is 1.86 bits per heavy atom. The molecule has 4 rings (SSSR count). The minimum atomic E-state index is -1.48. The van der Waals surface area contributed by atoms with E-state index in [9.17, 15) is 14.7 Å². The summed E-state index contributed by atoms with van der Waals surface area (Å²) in [5, 5.41) is 14.3. The molecule has 0 bridgehead atoms. The van der Waals surface area contributed by atoms with Crippen LogP contribution >= 0.6 is 11.3 Å².